The van der Waals surface area contributed by atoms with Crippen LogP contribution in [0.2, 0.25) is 0 Å². The van der Waals surface area contributed by atoms with Crippen LogP contribution in [0.4, 0.5) is 4.79 Å². The van der Waals surface area contributed by atoms with E-state index >= 15 is 0 Å². The van der Waals surface area contributed by atoms with Crippen molar-refractivity contribution in [3.63, 3.8) is 0 Å². The number of ether oxygens (including phenoxy) is 1. The van der Waals surface area contributed by atoms with E-state index in [-0.39, 0.29) is 31.4 Å². The molecular formula is C31H34N4O5. The number of amides is 4. The first-order valence-electron chi connectivity index (χ1n) is 13.1. The van der Waals surface area contributed by atoms with Crippen LogP contribution < -0.4 is 21.7 Å². The van der Waals surface area contributed by atoms with Crippen LogP contribution in [-0.4, -0.2) is 42.0 Å². The van der Waals surface area contributed by atoms with Gasteiger partial charge in [-0.3, -0.25) is 14.4 Å². The minimum Gasteiger partial charge on any atom is -0.449 e. The summed E-state index contributed by atoms with van der Waals surface area (Å²) in [4.78, 5) is 48.5. The number of hydrogen-bond donors (Lipinski definition) is 4. The number of carbonyl (C=O) groups excluding carboxylic acids is 4. The number of rotatable bonds is 10. The predicted octanol–water partition coefficient (Wildman–Crippen LogP) is 3.15. The largest absolute Gasteiger partial charge is 0.449 e. The second-order valence-corrected chi connectivity index (χ2v) is 10.4. The summed E-state index contributed by atoms with van der Waals surface area (Å²) in [6.07, 6.45) is -0.300. The monoisotopic (exact) mass is 542 g/mol. The number of fused-ring (bicyclic) bond motifs is 3. The molecule has 0 aromatic heterocycles. The van der Waals surface area contributed by atoms with Gasteiger partial charge in [0.15, 0.2) is 0 Å². The van der Waals surface area contributed by atoms with Gasteiger partial charge in [-0.05, 0) is 47.2 Å². The molecule has 40 heavy (non-hydrogen) atoms. The van der Waals surface area contributed by atoms with Gasteiger partial charge in [-0.25, -0.2) is 4.79 Å². The van der Waals surface area contributed by atoms with Crippen LogP contribution in [0.15, 0.2) is 72.8 Å². The molecule has 9 heteroatoms. The van der Waals surface area contributed by atoms with E-state index in [0.29, 0.717) is 0 Å². The molecule has 5 N–H and O–H groups in total. The van der Waals surface area contributed by atoms with Crippen LogP contribution in [0.3, 0.4) is 0 Å². The Bertz CT molecular complexity index is 1370. The van der Waals surface area contributed by atoms with Crippen molar-refractivity contribution in [2.75, 3.05) is 6.61 Å². The normalized spacial score (nSPS) is 13.0. The summed E-state index contributed by atoms with van der Waals surface area (Å²) in [6.45, 7) is 4.81. The minimum absolute atomic E-state index is 0.0141. The maximum absolute atomic E-state index is 12.7. The third kappa shape index (κ3) is 6.66. The van der Waals surface area contributed by atoms with Crippen molar-refractivity contribution in [2.45, 2.75) is 51.2 Å². The molecule has 208 valence electrons. The first-order chi connectivity index (χ1) is 19.0. The fourth-order valence-electron chi connectivity index (χ4n) is 4.76. The highest BCUT2D eigenvalue weighted by atomic mass is 16.5. The smallest absolute Gasteiger partial charge is 0.407 e. The van der Waals surface area contributed by atoms with Gasteiger partial charge in [-0.2, -0.15) is 0 Å². The van der Waals surface area contributed by atoms with Gasteiger partial charge >= 0.3 is 6.09 Å². The van der Waals surface area contributed by atoms with Gasteiger partial charge in [0, 0.05) is 25.8 Å². The molecule has 0 saturated heterocycles. The molecule has 4 rings (SSSR count). The molecule has 3 aromatic carbocycles. The number of nitrogens with two attached hydrogens (primary N) is 1. The molecule has 0 aliphatic heterocycles. The lowest BCUT2D eigenvalue weighted by atomic mass is 9.98. The summed E-state index contributed by atoms with van der Waals surface area (Å²) in [5.74, 6) is -1.59. The summed E-state index contributed by atoms with van der Waals surface area (Å²) in [6, 6.07) is 22.7. The van der Waals surface area contributed by atoms with E-state index in [1.165, 1.54) is 31.9 Å². The number of primary amides is 1. The average Bonchev–Trinajstić information content (AvgIpc) is 3.24. The van der Waals surface area contributed by atoms with Crippen LogP contribution in [0.5, 0.6) is 0 Å². The van der Waals surface area contributed by atoms with E-state index < -0.39 is 29.5 Å². The highest BCUT2D eigenvalue weighted by Crippen LogP contribution is 2.44. The number of benzene rings is 3. The minimum atomic E-state index is -1.26. The quantitative estimate of drug-likeness (QED) is 0.312. The molecule has 1 atom stereocenters. The zero-order valence-corrected chi connectivity index (χ0v) is 22.8. The molecule has 0 saturated carbocycles. The molecule has 0 bridgehead atoms. The fraction of sp³-hybridized carbons (Fsp3) is 0.290. The Balaban J connectivity index is 1.31. The van der Waals surface area contributed by atoms with E-state index in [9.17, 15) is 19.2 Å². The van der Waals surface area contributed by atoms with Crippen molar-refractivity contribution < 1.29 is 23.9 Å². The third-order valence-electron chi connectivity index (χ3n) is 6.99. The summed E-state index contributed by atoms with van der Waals surface area (Å²) < 4.78 is 5.59. The Kier molecular flexibility index (Phi) is 8.52. The summed E-state index contributed by atoms with van der Waals surface area (Å²) in [5.41, 5.74) is 10.4. The lowest BCUT2D eigenvalue weighted by molar-refractivity contribution is -0.133. The zero-order chi connectivity index (χ0) is 28.9. The van der Waals surface area contributed by atoms with Gasteiger partial charge < -0.3 is 26.4 Å². The van der Waals surface area contributed by atoms with Gasteiger partial charge in [0.1, 0.15) is 18.2 Å². The van der Waals surface area contributed by atoms with Crippen molar-refractivity contribution >= 4 is 23.8 Å². The Labute approximate surface area is 233 Å². The Morgan fingerprint density at radius 1 is 0.875 bits per heavy atom. The first kappa shape index (κ1) is 28.4. The van der Waals surface area contributed by atoms with Gasteiger partial charge in [-0.15, -0.1) is 0 Å². The van der Waals surface area contributed by atoms with Crippen molar-refractivity contribution in [1.29, 1.82) is 0 Å². The van der Waals surface area contributed by atoms with Crippen molar-refractivity contribution in [1.82, 2.24) is 16.0 Å². The number of nitrogens with one attached hydrogen (secondary N) is 3. The van der Waals surface area contributed by atoms with Crippen LogP contribution in [0, 0.1) is 0 Å². The number of carbonyl (C=O) groups is 4. The summed E-state index contributed by atoms with van der Waals surface area (Å²) in [5, 5.41) is 7.98. The highest BCUT2D eigenvalue weighted by molar-refractivity contribution is 5.93. The molecule has 9 nitrogen and oxygen atoms in total. The van der Waals surface area contributed by atoms with Gasteiger partial charge in [0.25, 0.3) is 0 Å². The zero-order valence-electron chi connectivity index (χ0n) is 22.8. The highest BCUT2D eigenvalue weighted by Gasteiger charge is 2.31. The Morgan fingerprint density at radius 3 is 1.98 bits per heavy atom. The average molecular weight is 543 g/mol. The molecule has 0 fully saturated rings. The summed E-state index contributed by atoms with van der Waals surface area (Å²) >= 11 is 0. The first-order valence-corrected chi connectivity index (χ1v) is 13.1. The molecule has 1 aliphatic rings. The van der Waals surface area contributed by atoms with E-state index in [1.807, 2.05) is 48.5 Å². The van der Waals surface area contributed by atoms with Crippen molar-refractivity contribution in [3.05, 3.63) is 95.1 Å². The number of alkyl carbamates (subject to hydrolysis) is 1. The second-order valence-electron chi connectivity index (χ2n) is 10.4. The van der Waals surface area contributed by atoms with E-state index in [4.69, 9.17) is 10.5 Å². The number of hydrogen-bond acceptors (Lipinski definition) is 5. The van der Waals surface area contributed by atoms with Crippen molar-refractivity contribution in [3.8, 4) is 11.1 Å². The fourth-order valence-corrected chi connectivity index (χ4v) is 4.76. The molecule has 0 spiro atoms. The van der Waals surface area contributed by atoms with E-state index in [0.717, 1.165) is 22.3 Å². The van der Waals surface area contributed by atoms with E-state index in [2.05, 4.69) is 40.2 Å². The Hall–Kier alpha value is -4.66. The van der Waals surface area contributed by atoms with Crippen LogP contribution in [0.1, 0.15) is 48.9 Å². The lowest BCUT2D eigenvalue weighted by Gasteiger charge is -2.26. The second kappa shape index (κ2) is 12.0. The third-order valence-corrected chi connectivity index (χ3v) is 6.99. The topological polar surface area (TPSA) is 140 Å². The van der Waals surface area contributed by atoms with Crippen LogP contribution in [-0.2, 0) is 32.1 Å². The maximum atomic E-state index is 12.7. The molecule has 1 aliphatic carbocycles. The molecule has 0 radical (unpaired) electrons. The lowest BCUT2D eigenvalue weighted by Crippen LogP contribution is -2.58. The SMILES string of the molecule is CC(=O)NC(Cc1ccc(CNC(=O)OCC2c3ccccc3-c3ccccc32)cc1)C(=O)NC(C)(C)C(N)=O. The molecule has 3 aromatic rings. The van der Waals surface area contributed by atoms with Gasteiger partial charge in [-0.1, -0.05) is 72.8 Å². The molecule has 0 heterocycles. The van der Waals surface area contributed by atoms with Crippen LogP contribution >= 0.6 is 0 Å². The molecule has 4 amide bonds. The maximum Gasteiger partial charge on any atom is 0.407 e. The van der Waals surface area contributed by atoms with Gasteiger partial charge in [0.2, 0.25) is 17.7 Å². The Morgan fingerprint density at radius 2 is 1.43 bits per heavy atom. The van der Waals surface area contributed by atoms with Crippen molar-refractivity contribution in [2.24, 2.45) is 5.73 Å². The molecule has 1 unspecified atom stereocenters. The van der Waals surface area contributed by atoms with Gasteiger partial charge in [0.05, 0.1) is 0 Å². The van der Waals surface area contributed by atoms with Crippen LogP contribution in [0.25, 0.3) is 11.1 Å². The van der Waals surface area contributed by atoms with E-state index in [1.54, 1.807) is 0 Å². The summed E-state index contributed by atoms with van der Waals surface area (Å²) in [7, 11) is 0. The standard InChI is InChI=1S/C31H34N4O5/c1-19(36)34-27(28(37)35-31(2,3)29(32)38)16-20-12-14-21(15-13-20)17-33-30(39)40-18-26-24-10-6-4-8-22(24)23-9-5-7-11-25(23)26/h4-15,26-27H,16-18H2,1-3H3,(H2,32,38)(H,33,39)(H,34,36)(H,35,37). The molecular weight excluding hydrogens is 508 g/mol. The predicted molar refractivity (Wildman–Crippen MR) is 151 cm³/mol.